The van der Waals surface area contributed by atoms with Crippen molar-refractivity contribution < 1.29 is 0 Å². The average Bonchev–Trinajstić information content (AvgIpc) is 3.03. The Bertz CT molecular complexity index is 454. The molecule has 1 aliphatic rings. The molecular formula is C16H22ClN. The van der Waals surface area contributed by atoms with Gasteiger partial charge in [-0.05, 0) is 37.0 Å². The summed E-state index contributed by atoms with van der Waals surface area (Å²) in [7, 11) is 0. The second-order valence-electron chi connectivity index (χ2n) is 5.48. The average molecular weight is 264 g/mol. The molecule has 0 aromatic heterocycles. The lowest BCUT2D eigenvalue weighted by molar-refractivity contribution is 0.506. The summed E-state index contributed by atoms with van der Waals surface area (Å²) in [5.41, 5.74) is 2.85. The molecule has 2 rings (SSSR count). The summed E-state index contributed by atoms with van der Waals surface area (Å²) in [4.78, 5) is 2.29. The van der Waals surface area contributed by atoms with Gasteiger partial charge in [-0.2, -0.15) is 0 Å². The third-order valence-electron chi connectivity index (χ3n) is 4.34. The molecule has 98 valence electrons. The maximum atomic E-state index is 6.07. The fourth-order valence-electron chi connectivity index (χ4n) is 2.70. The third kappa shape index (κ3) is 2.42. The van der Waals surface area contributed by atoms with Crippen LogP contribution in [-0.4, -0.2) is 6.54 Å². The number of nitrogens with zero attached hydrogens (tertiary/aromatic N) is 1. The van der Waals surface area contributed by atoms with Crippen LogP contribution in [-0.2, 0) is 0 Å². The molecule has 2 heteroatoms. The number of halogens is 1. The number of allylic oxidation sites excluding steroid dienone is 1. The Morgan fingerprint density at radius 1 is 1.50 bits per heavy atom. The van der Waals surface area contributed by atoms with Gasteiger partial charge in [-0.25, -0.2) is 0 Å². The Labute approximate surface area is 115 Å². The third-order valence-corrected chi connectivity index (χ3v) is 4.58. The van der Waals surface area contributed by atoms with Gasteiger partial charge in [0.05, 0.1) is 0 Å². The van der Waals surface area contributed by atoms with Gasteiger partial charge < -0.3 is 4.90 Å². The highest BCUT2D eigenvalue weighted by molar-refractivity contribution is 6.30. The van der Waals surface area contributed by atoms with E-state index in [1.807, 2.05) is 18.2 Å². The largest absolute Gasteiger partial charge is 0.346 e. The van der Waals surface area contributed by atoms with E-state index in [4.69, 9.17) is 11.6 Å². The molecule has 0 radical (unpaired) electrons. The smallest absolute Gasteiger partial charge is 0.0426 e. The maximum Gasteiger partial charge on any atom is 0.0426 e. The van der Waals surface area contributed by atoms with Crippen molar-refractivity contribution in [1.82, 2.24) is 0 Å². The summed E-state index contributed by atoms with van der Waals surface area (Å²) < 4.78 is 0. The summed E-state index contributed by atoms with van der Waals surface area (Å²) in [6.45, 7) is 12.0. The van der Waals surface area contributed by atoms with Crippen molar-refractivity contribution in [2.45, 2.75) is 33.6 Å². The van der Waals surface area contributed by atoms with E-state index in [9.17, 15) is 0 Å². The van der Waals surface area contributed by atoms with Gasteiger partial charge in [0.25, 0.3) is 0 Å². The maximum absolute atomic E-state index is 6.07. The van der Waals surface area contributed by atoms with Crippen LogP contribution >= 0.6 is 11.6 Å². The lowest BCUT2D eigenvalue weighted by Crippen LogP contribution is -2.23. The highest BCUT2D eigenvalue weighted by Crippen LogP contribution is 2.58. The molecule has 0 saturated heterocycles. The second-order valence-corrected chi connectivity index (χ2v) is 5.92. The van der Waals surface area contributed by atoms with Gasteiger partial charge >= 0.3 is 0 Å². The zero-order valence-corrected chi connectivity index (χ0v) is 12.3. The fraction of sp³-hybridized carbons (Fsp3) is 0.500. The summed E-state index contributed by atoms with van der Waals surface area (Å²) in [5.74, 6) is 0.626. The second kappa shape index (κ2) is 4.97. The van der Waals surface area contributed by atoms with Crippen molar-refractivity contribution >= 4 is 17.3 Å². The molecule has 1 fully saturated rings. The minimum absolute atomic E-state index is 0.461. The first-order valence-corrected chi connectivity index (χ1v) is 7.11. The van der Waals surface area contributed by atoms with E-state index in [-0.39, 0.29) is 0 Å². The lowest BCUT2D eigenvalue weighted by atomic mass is 10.0. The Morgan fingerprint density at radius 3 is 2.72 bits per heavy atom. The van der Waals surface area contributed by atoms with Gasteiger partial charge in [0.2, 0.25) is 0 Å². The zero-order chi connectivity index (χ0) is 13.3. The van der Waals surface area contributed by atoms with E-state index < -0.39 is 0 Å². The molecule has 18 heavy (non-hydrogen) atoms. The van der Waals surface area contributed by atoms with E-state index in [0.717, 1.165) is 17.3 Å². The van der Waals surface area contributed by atoms with Crippen LogP contribution in [0.15, 0.2) is 36.5 Å². The molecule has 0 amide bonds. The Morgan fingerprint density at radius 2 is 2.22 bits per heavy atom. The van der Waals surface area contributed by atoms with E-state index in [1.54, 1.807) is 0 Å². The van der Waals surface area contributed by atoms with E-state index in [0.29, 0.717) is 11.3 Å². The predicted molar refractivity (Wildman–Crippen MR) is 80.1 cm³/mol. The molecular weight excluding hydrogens is 242 g/mol. The highest BCUT2D eigenvalue weighted by atomic mass is 35.5. The van der Waals surface area contributed by atoms with Gasteiger partial charge in [0.15, 0.2) is 0 Å². The lowest BCUT2D eigenvalue weighted by Gasteiger charge is -2.27. The minimum atomic E-state index is 0.461. The summed E-state index contributed by atoms with van der Waals surface area (Å²) >= 11 is 6.07. The molecule has 0 N–H and O–H groups in total. The zero-order valence-electron chi connectivity index (χ0n) is 11.5. The summed E-state index contributed by atoms with van der Waals surface area (Å²) in [6, 6.07) is 8.03. The molecule has 1 nitrogen and oxygen atoms in total. The standard InChI is InChI=1S/C16H22ClN/c1-5-16(4)11-15(16)12(3)18(6-2)14-9-7-8-13(17)10-14/h7-10,15H,3,5-6,11H2,1-2,4H3. The van der Waals surface area contributed by atoms with Gasteiger partial charge in [0.1, 0.15) is 0 Å². The molecule has 0 aliphatic heterocycles. The Kier molecular flexibility index (Phi) is 3.72. The number of hydrogen-bond donors (Lipinski definition) is 0. The normalized spacial score (nSPS) is 25.9. The molecule has 0 spiro atoms. The van der Waals surface area contributed by atoms with Gasteiger partial charge in [-0.3, -0.25) is 0 Å². The highest BCUT2D eigenvalue weighted by Gasteiger charge is 2.50. The number of rotatable bonds is 5. The quantitative estimate of drug-likeness (QED) is 0.713. The fourth-order valence-corrected chi connectivity index (χ4v) is 2.89. The van der Waals surface area contributed by atoms with Crippen molar-refractivity contribution in [1.29, 1.82) is 0 Å². The minimum Gasteiger partial charge on any atom is -0.346 e. The van der Waals surface area contributed by atoms with E-state index >= 15 is 0 Å². The summed E-state index contributed by atoms with van der Waals surface area (Å²) in [6.07, 6.45) is 2.49. The summed E-state index contributed by atoms with van der Waals surface area (Å²) in [5, 5.41) is 0.785. The number of hydrogen-bond acceptors (Lipinski definition) is 1. The number of benzene rings is 1. The van der Waals surface area contributed by atoms with Crippen LogP contribution in [0.5, 0.6) is 0 Å². The first-order valence-electron chi connectivity index (χ1n) is 6.73. The topological polar surface area (TPSA) is 3.24 Å². The van der Waals surface area contributed by atoms with Crippen LogP contribution in [0.3, 0.4) is 0 Å². The predicted octanol–water partition coefficient (Wildman–Crippen LogP) is 5.12. The molecule has 1 aromatic carbocycles. The molecule has 0 bridgehead atoms. The van der Waals surface area contributed by atoms with Gasteiger partial charge in [-0.1, -0.05) is 44.5 Å². The molecule has 0 heterocycles. The monoisotopic (exact) mass is 263 g/mol. The molecule has 1 saturated carbocycles. The SMILES string of the molecule is C=C(C1CC1(C)CC)N(CC)c1cccc(Cl)c1. The van der Waals surface area contributed by atoms with E-state index in [1.165, 1.54) is 18.5 Å². The van der Waals surface area contributed by atoms with Gasteiger partial charge in [0, 0.05) is 28.9 Å². The Balaban J connectivity index is 2.17. The van der Waals surface area contributed by atoms with Crippen LogP contribution in [0.4, 0.5) is 5.69 Å². The van der Waals surface area contributed by atoms with Gasteiger partial charge in [-0.15, -0.1) is 0 Å². The van der Waals surface area contributed by atoms with Crippen LogP contribution in [0.25, 0.3) is 0 Å². The van der Waals surface area contributed by atoms with Crippen molar-refractivity contribution in [2.75, 3.05) is 11.4 Å². The van der Waals surface area contributed by atoms with Crippen molar-refractivity contribution in [3.63, 3.8) is 0 Å². The van der Waals surface area contributed by atoms with Crippen LogP contribution < -0.4 is 4.90 Å². The van der Waals surface area contributed by atoms with Crippen LogP contribution in [0.1, 0.15) is 33.6 Å². The van der Waals surface area contributed by atoms with Crippen molar-refractivity contribution in [3.8, 4) is 0 Å². The van der Waals surface area contributed by atoms with Crippen LogP contribution in [0, 0.1) is 11.3 Å². The van der Waals surface area contributed by atoms with Crippen LogP contribution in [0.2, 0.25) is 5.02 Å². The molecule has 2 unspecified atom stereocenters. The van der Waals surface area contributed by atoms with Crippen molar-refractivity contribution in [2.24, 2.45) is 11.3 Å². The van der Waals surface area contributed by atoms with Crippen molar-refractivity contribution in [3.05, 3.63) is 41.6 Å². The molecule has 1 aromatic rings. The number of anilines is 1. The van der Waals surface area contributed by atoms with E-state index in [2.05, 4.69) is 38.3 Å². The molecule has 2 atom stereocenters. The Hall–Kier alpha value is -0.950. The first kappa shape index (κ1) is 13.5. The first-order chi connectivity index (χ1) is 8.51. The molecule has 1 aliphatic carbocycles.